The number of aromatic nitrogens is 4. The molecule has 0 aliphatic heterocycles. The highest BCUT2D eigenvalue weighted by Crippen LogP contribution is 2.42. The first-order valence-corrected chi connectivity index (χ1v) is 16.4. The van der Waals surface area contributed by atoms with Crippen LogP contribution in [0.4, 0.5) is 0 Å². The summed E-state index contributed by atoms with van der Waals surface area (Å²) in [5.74, 6) is 0. The third kappa shape index (κ3) is 4.03. The molecule has 0 saturated heterocycles. The molecule has 4 heteroatoms. The molecule has 0 atom stereocenters. The second-order valence-corrected chi connectivity index (χ2v) is 12.4. The van der Waals surface area contributed by atoms with Gasteiger partial charge in [0.1, 0.15) is 5.65 Å². The van der Waals surface area contributed by atoms with Gasteiger partial charge in [0.05, 0.1) is 16.6 Å². The lowest BCUT2D eigenvalue weighted by Gasteiger charge is -2.06. The van der Waals surface area contributed by atoms with Gasteiger partial charge in [0.15, 0.2) is 0 Å². The van der Waals surface area contributed by atoms with E-state index in [0.29, 0.717) is 0 Å². The third-order valence-electron chi connectivity index (χ3n) is 9.65. The van der Waals surface area contributed by atoms with Crippen LogP contribution in [0.5, 0.6) is 0 Å². The number of hydrogen-bond donors (Lipinski definition) is 3. The van der Waals surface area contributed by atoms with Gasteiger partial charge in [0, 0.05) is 49.7 Å². The summed E-state index contributed by atoms with van der Waals surface area (Å²) in [5, 5.41) is 1.19. The molecule has 0 saturated carbocycles. The van der Waals surface area contributed by atoms with Crippen molar-refractivity contribution < 1.29 is 0 Å². The predicted octanol–water partition coefficient (Wildman–Crippen LogP) is 11.8. The van der Waals surface area contributed by atoms with Gasteiger partial charge >= 0.3 is 0 Å². The molecule has 0 spiro atoms. The molecule has 6 aromatic heterocycles. The summed E-state index contributed by atoms with van der Waals surface area (Å²) >= 11 is 0. The number of hydrogen-bond acceptors (Lipinski definition) is 0. The van der Waals surface area contributed by atoms with Crippen molar-refractivity contribution in [1.29, 1.82) is 0 Å². The lowest BCUT2D eigenvalue weighted by atomic mass is 10.0. The number of nitrogens with one attached hydrogen (secondary N) is 3. The second kappa shape index (κ2) is 10.5. The largest absolute Gasteiger partial charge is 0.354 e. The van der Waals surface area contributed by atoms with E-state index in [4.69, 9.17) is 0 Å². The molecule has 48 heavy (non-hydrogen) atoms. The zero-order chi connectivity index (χ0) is 31.6. The second-order valence-electron chi connectivity index (χ2n) is 12.4. The van der Waals surface area contributed by atoms with Crippen LogP contribution in [0.2, 0.25) is 0 Å². The van der Waals surface area contributed by atoms with E-state index in [1.807, 2.05) is 0 Å². The van der Waals surface area contributed by atoms with Crippen molar-refractivity contribution in [2.75, 3.05) is 0 Å². The Morgan fingerprint density at radius 1 is 0.312 bits per heavy atom. The normalized spacial score (nSPS) is 11.8. The van der Waals surface area contributed by atoms with Crippen LogP contribution in [0.1, 0.15) is 0 Å². The first-order chi connectivity index (χ1) is 23.8. The minimum Gasteiger partial charge on any atom is -0.354 e. The maximum atomic E-state index is 3.95. The highest BCUT2D eigenvalue weighted by atomic mass is 15.0. The molecule has 0 unspecified atom stereocenters. The maximum absolute atomic E-state index is 3.95. The van der Waals surface area contributed by atoms with Crippen LogP contribution in [0.15, 0.2) is 164 Å². The molecular formula is C44H30N4. The standard InChI is InChI=1S/C44H30N4/c1-5-13-28(14-6-1)40-32-27-37-42(30-17-9-3-10-18-30)35-22-21-33(45-35)41(29-15-7-2-8-16-29)34-23-24-36(46-34)43(31-19-11-4-12-20-31)39-26-25-38(40)48(39)44(32)47-37/h1-27,45-47H. The molecule has 10 rings (SSSR count). The topological polar surface area (TPSA) is 51.8 Å². The van der Waals surface area contributed by atoms with Crippen molar-refractivity contribution in [1.82, 2.24) is 19.4 Å². The van der Waals surface area contributed by atoms with E-state index in [1.54, 1.807) is 0 Å². The smallest absolute Gasteiger partial charge is 0.123 e. The van der Waals surface area contributed by atoms with Crippen molar-refractivity contribution in [3.63, 3.8) is 0 Å². The van der Waals surface area contributed by atoms with Gasteiger partial charge in [-0.15, -0.1) is 0 Å². The summed E-state index contributed by atoms with van der Waals surface area (Å²) in [6.45, 7) is 0. The van der Waals surface area contributed by atoms with E-state index in [2.05, 4.69) is 183 Å². The fourth-order valence-electron chi connectivity index (χ4n) is 7.60. The fourth-order valence-corrected chi connectivity index (χ4v) is 7.60. The van der Waals surface area contributed by atoms with Crippen LogP contribution >= 0.6 is 0 Å². The first-order valence-electron chi connectivity index (χ1n) is 16.4. The molecule has 6 heterocycles. The summed E-state index contributed by atoms with van der Waals surface area (Å²) in [7, 11) is 0. The van der Waals surface area contributed by atoms with Crippen LogP contribution in [-0.4, -0.2) is 19.4 Å². The van der Waals surface area contributed by atoms with Gasteiger partial charge in [0.2, 0.25) is 0 Å². The molecule has 0 amide bonds. The molecule has 0 aliphatic carbocycles. The Morgan fingerprint density at radius 3 is 1.17 bits per heavy atom. The summed E-state index contributed by atoms with van der Waals surface area (Å²) in [6, 6.07) is 58.6. The van der Waals surface area contributed by atoms with E-state index >= 15 is 0 Å². The van der Waals surface area contributed by atoms with E-state index in [0.717, 1.165) is 72.1 Å². The lowest BCUT2D eigenvalue weighted by Crippen LogP contribution is -1.87. The molecule has 6 bridgehead atoms. The van der Waals surface area contributed by atoms with E-state index < -0.39 is 0 Å². The van der Waals surface area contributed by atoms with Crippen LogP contribution in [0.3, 0.4) is 0 Å². The molecule has 226 valence electrons. The third-order valence-corrected chi connectivity index (χ3v) is 9.65. The summed E-state index contributed by atoms with van der Waals surface area (Å²) in [4.78, 5) is 11.7. The van der Waals surface area contributed by atoms with Crippen LogP contribution in [0, 0.1) is 0 Å². The Labute approximate surface area is 276 Å². The van der Waals surface area contributed by atoms with Crippen LogP contribution in [0.25, 0.3) is 94.2 Å². The average molecular weight is 615 g/mol. The fraction of sp³-hybridized carbons (Fsp3) is 0. The van der Waals surface area contributed by atoms with Gasteiger partial charge in [-0.2, -0.15) is 0 Å². The highest BCUT2D eigenvalue weighted by Gasteiger charge is 2.21. The molecule has 0 fully saturated rings. The Bertz CT molecular complexity index is 2760. The van der Waals surface area contributed by atoms with E-state index in [9.17, 15) is 0 Å². The SMILES string of the molecule is c1ccc(-c2c3ccc([nH]3)c(-c3ccccc3)c3cc4c(-c5ccccc5)c5ccc(c(-c6ccccc6)c6ccc2[nH]6)n5c4[nH]3)cc1. The molecule has 0 radical (unpaired) electrons. The van der Waals surface area contributed by atoms with E-state index in [1.165, 1.54) is 22.0 Å². The molecule has 4 aromatic carbocycles. The molecule has 0 aliphatic rings. The van der Waals surface area contributed by atoms with Crippen LogP contribution in [-0.2, 0) is 0 Å². The van der Waals surface area contributed by atoms with Gasteiger partial charge in [-0.1, -0.05) is 121 Å². The molecule has 10 aromatic rings. The van der Waals surface area contributed by atoms with Gasteiger partial charge in [0.25, 0.3) is 0 Å². The minimum atomic E-state index is 1.05. The van der Waals surface area contributed by atoms with Crippen molar-refractivity contribution >= 4 is 49.7 Å². The minimum absolute atomic E-state index is 1.05. The number of aromatic amines is 3. The number of benzene rings is 4. The average Bonchev–Trinajstić information content (AvgIpc) is 3.98. The van der Waals surface area contributed by atoms with Gasteiger partial charge in [-0.25, -0.2) is 0 Å². The maximum Gasteiger partial charge on any atom is 0.123 e. The number of fused-ring (bicyclic) bond motifs is 5. The molecular weight excluding hydrogens is 585 g/mol. The summed E-state index contributed by atoms with van der Waals surface area (Å²) in [6.07, 6.45) is 0. The highest BCUT2D eigenvalue weighted by molar-refractivity contribution is 6.12. The van der Waals surface area contributed by atoms with Crippen LogP contribution < -0.4 is 0 Å². The zero-order valence-corrected chi connectivity index (χ0v) is 26.0. The van der Waals surface area contributed by atoms with Crippen molar-refractivity contribution in [3.8, 4) is 44.5 Å². The Morgan fingerprint density at radius 2 is 0.688 bits per heavy atom. The van der Waals surface area contributed by atoms with Gasteiger partial charge in [-0.3, -0.25) is 4.40 Å². The lowest BCUT2D eigenvalue weighted by molar-refractivity contribution is 1.30. The predicted molar refractivity (Wildman–Crippen MR) is 201 cm³/mol. The Hall–Kier alpha value is -6.52. The van der Waals surface area contributed by atoms with Crippen molar-refractivity contribution in [2.45, 2.75) is 0 Å². The molecule has 3 N–H and O–H groups in total. The van der Waals surface area contributed by atoms with Gasteiger partial charge in [-0.05, 0) is 64.7 Å². The van der Waals surface area contributed by atoms with Gasteiger partial charge < -0.3 is 15.0 Å². The number of H-pyrrole nitrogens is 3. The van der Waals surface area contributed by atoms with E-state index in [-0.39, 0.29) is 0 Å². The first kappa shape index (κ1) is 26.7. The van der Waals surface area contributed by atoms with Crippen molar-refractivity contribution in [2.24, 2.45) is 0 Å². The monoisotopic (exact) mass is 614 g/mol. The zero-order valence-electron chi connectivity index (χ0n) is 26.0. The number of nitrogens with zero attached hydrogens (tertiary/aromatic N) is 1. The molecule has 4 nitrogen and oxygen atoms in total. The summed E-state index contributed by atoms with van der Waals surface area (Å²) < 4.78 is 2.42. The Kier molecular flexibility index (Phi) is 5.84. The van der Waals surface area contributed by atoms with Crippen molar-refractivity contribution in [3.05, 3.63) is 164 Å². The number of rotatable bonds is 4. The summed E-state index contributed by atoms with van der Waals surface area (Å²) in [5.41, 5.74) is 17.9. The quantitative estimate of drug-likeness (QED) is 0.177. The Balaban J connectivity index is 1.48.